The Hall–Kier alpha value is -0.940. The normalized spacial score (nSPS) is 31.7. The van der Waals surface area contributed by atoms with Crippen molar-refractivity contribution in [3.63, 3.8) is 0 Å². The Labute approximate surface area is 83.3 Å². The van der Waals surface area contributed by atoms with Crippen LogP contribution in [0, 0.1) is 0 Å². The monoisotopic (exact) mass is 201 g/mol. The lowest BCUT2D eigenvalue weighted by atomic mass is 10.2. The Morgan fingerprint density at radius 1 is 1.57 bits per heavy atom. The van der Waals surface area contributed by atoms with Crippen molar-refractivity contribution in [3.8, 4) is 0 Å². The highest BCUT2D eigenvalue weighted by atomic mass is 16.4. The molecule has 0 aliphatic carbocycles. The van der Waals surface area contributed by atoms with E-state index in [0.29, 0.717) is 6.54 Å². The molecule has 1 aliphatic rings. The van der Waals surface area contributed by atoms with Crippen LogP contribution in [0.15, 0.2) is 0 Å². The van der Waals surface area contributed by atoms with E-state index >= 15 is 0 Å². The predicted octanol–water partition coefficient (Wildman–Crippen LogP) is 0.409. The van der Waals surface area contributed by atoms with Gasteiger partial charge in [-0.15, -0.1) is 0 Å². The number of carbonyl (C=O) groups excluding carboxylic acids is 1. The molecule has 2 N–H and O–H groups in total. The fourth-order valence-electron chi connectivity index (χ4n) is 2.13. The largest absolute Gasteiger partial charge is 0.521 e. The van der Waals surface area contributed by atoms with E-state index in [1.807, 2.05) is 6.92 Å². The highest BCUT2D eigenvalue weighted by molar-refractivity contribution is 5.82. The summed E-state index contributed by atoms with van der Waals surface area (Å²) in [5.74, 6) is -0.245. The van der Waals surface area contributed by atoms with Gasteiger partial charge in [-0.1, -0.05) is 0 Å². The third kappa shape index (κ3) is 1.53. The smallest absolute Gasteiger partial charge is 0.435 e. The Kier molecular flexibility index (Phi) is 3.23. The van der Waals surface area contributed by atoms with Crippen LogP contribution in [0.5, 0.6) is 0 Å². The molecule has 0 spiro atoms. The lowest BCUT2D eigenvalue weighted by Gasteiger charge is -2.29. The maximum absolute atomic E-state index is 11.7. The number of likely N-dealkylation sites (N-methyl/N-ethyl adjacent to an activating group) is 1. The number of nitrogens with zero attached hydrogens (tertiary/aromatic N) is 1. The van der Waals surface area contributed by atoms with Gasteiger partial charge in [0, 0.05) is 12.8 Å². The number of amides is 2. The van der Waals surface area contributed by atoms with Crippen molar-refractivity contribution < 1.29 is 19.2 Å². The van der Waals surface area contributed by atoms with Gasteiger partial charge in [0.2, 0.25) is 0 Å². The Bertz CT molecular complexity index is 254. The maximum atomic E-state index is 11.7. The zero-order chi connectivity index (χ0) is 10.8. The number of hydrogen-bond donors (Lipinski definition) is 2. The number of carbonyl (C=O) groups is 2. The molecule has 2 atom stereocenters. The number of carboxylic acid groups (broad SMARTS) is 1. The van der Waals surface area contributed by atoms with Crippen molar-refractivity contribution in [1.29, 1.82) is 0 Å². The molecule has 1 unspecified atom stereocenters. The SMILES string of the molecule is CNCC(=O)[N+]1(C(=O)O)CCC[C@H]1C. The molecule has 0 aromatic carbocycles. The minimum absolute atomic E-state index is 0.103. The fourth-order valence-corrected chi connectivity index (χ4v) is 2.13. The molecule has 5 nitrogen and oxygen atoms in total. The van der Waals surface area contributed by atoms with Crippen LogP contribution in [0.2, 0.25) is 0 Å². The number of hydrogen-bond acceptors (Lipinski definition) is 3. The lowest BCUT2D eigenvalue weighted by Crippen LogP contribution is -2.60. The quantitative estimate of drug-likeness (QED) is 0.635. The minimum atomic E-state index is -1.02. The van der Waals surface area contributed by atoms with Crippen molar-refractivity contribution in [2.24, 2.45) is 0 Å². The van der Waals surface area contributed by atoms with Gasteiger partial charge in [0.25, 0.3) is 0 Å². The summed E-state index contributed by atoms with van der Waals surface area (Å²) in [6, 6.07) is -0.103. The molecular formula is C9H17N2O3+. The van der Waals surface area contributed by atoms with Crippen LogP contribution in [0.4, 0.5) is 4.79 Å². The van der Waals surface area contributed by atoms with Crippen molar-refractivity contribution in [2.75, 3.05) is 20.1 Å². The van der Waals surface area contributed by atoms with Gasteiger partial charge >= 0.3 is 12.0 Å². The molecule has 5 heteroatoms. The van der Waals surface area contributed by atoms with E-state index in [0.717, 1.165) is 12.8 Å². The zero-order valence-corrected chi connectivity index (χ0v) is 8.62. The highest BCUT2D eigenvalue weighted by Gasteiger charge is 2.52. The predicted molar refractivity (Wildman–Crippen MR) is 50.8 cm³/mol. The van der Waals surface area contributed by atoms with Crippen LogP contribution in [-0.4, -0.2) is 47.8 Å². The summed E-state index contributed by atoms with van der Waals surface area (Å²) >= 11 is 0. The number of nitrogens with one attached hydrogen (secondary N) is 1. The Morgan fingerprint density at radius 3 is 2.57 bits per heavy atom. The minimum Gasteiger partial charge on any atom is -0.435 e. The van der Waals surface area contributed by atoms with Crippen molar-refractivity contribution in [2.45, 2.75) is 25.8 Å². The van der Waals surface area contributed by atoms with Crippen LogP contribution in [0.1, 0.15) is 19.8 Å². The first-order valence-electron chi connectivity index (χ1n) is 4.85. The van der Waals surface area contributed by atoms with Gasteiger partial charge in [-0.2, -0.15) is 9.28 Å². The van der Waals surface area contributed by atoms with Gasteiger partial charge in [-0.05, 0) is 14.0 Å². The van der Waals surface area contributed by atoms with Crippen molar-refractivity contribution in [1.82, 2.24) is 5.32 Å². The molecule has 0 aromatic heterocycles. The molecule has 1 rings (SSSR count). The van der Waals surface area contributed by atoms with Gasteiger partial charge in [0.15, 0.2) is 0 Å². The molecule has 1 aliphatic heterocycles. The van der Waals surface area contributed by atoms with Crippen LogP contribution in [0.25, 0.3) is 0 Å². The summed E-state index contributed by atoms with van der Waals surface area (Å²) in [7, 11) is 1.65. The first-order chi connectivity index (χ1) is 6.55. The fraction of sp³-hybridized carbons (Fsp3) is 0.778. The maximum Gasteiger partial charge on any atom is 0.521 e. The van der Waals surface area contributed by atoms with E-state index in [-0.39, 0.29) is 18.5 Å². The molecule has 1 heterocycles. The molecular weight excluding hydrogens is 184 g/mol. The Morgan fingerprint density at radius 2 is 2.21 bits per heavy atom. The number of rotatable bonds is 2. The lowest BCUT2D eigenvalue weighted by molar-refractivity contribution is -0.791. The van der Waals surface area contributed by atoms with E-state index in [4.69, 9.17) is 5.11 Å². The number of likely N-dealkylation sites (tertiary alicyclic amines) is 1. The summed E-state index contributed by atoms with van der Waals surface area (Å²) in [5.41, 5.74) is 0. The highest BCUT2D eigenvalue weighted by Crippen LogP contribution is 2.27. The molecule has 1 saturated heterocycles. The average Bonchev–Trinajstić information content (AvgIpc) is 2.48. The average molecular weight is 201 g/mol. The van der Waals surface area contributed by atoms with E-state index in [1.54, 1.807) is 7.05 Å². The topological polar surface area (TPSA) is 66.4 Å². The summed E-state index contributed by atoms with van der Waals surface area (Å²) in [5, 5.41) is 11.9. The van der Waals surface area contributed by atoms with Gasteiger partial charge < -0.3 is 10.4 Å². The zero-order valence-electron chi connectivity index (χ0n) is 8.62. The van der Waals surface area contributed by atoms with Crippen LogP contribution in [-0.2, 0) is 4.79 Å². The van der Waals surface area contributed by atoms with Gasteiger partial charge in [0.05, 0.1) is 6.54 Å². The van der Waals surface area contributed by atoms with E-state index in [1.165, 1.54) is 0 Å². The van der Waals surface area contributed by atoms with Crippen molar-refractivity contribution in [3.05, 3.63) is 0 Å². The van der Waals surface area contributed by atoms with Gasteiger partial charge in [0.1, 0.15) is 12.6 Å². The molecule has 14 heavy (non-hydrogen) atoms. The molecule has 1 fully saturated rings. The standard InChI is InChI=1S/C9H16N2O3/c1-7-4-3-5-11(7,9(13)14)8(12)6-10-2/h7,10H,3-6H2,1-2H3/p+1/t7-,11?/m1/s1. The van der Waals surface area contributed by atoms with Crippen LogP contribution >= 0.6 is 0 Å². The van der Waals surface area contributed by atoms with Crippen LogP contribution in [0.3, 0.4) is 0 Å². The molecule has 0 saturated carbocycles. The summed E-state index contributed by atoms with van der Waals surface area (Å²) in [6.07, 6.45) is 0.597. The second-order valence-corrected chi connectivity index (χ2v) is 3.79. The summed E-state index contributed by atoms with van der Waals surface area (Å²) < 4.78 is -0.402. The second kappa shape index (κ2) is 4.06. The van der Waals surface area contributed by atoms with Gasteiger partial charge in [-0.25, -0.2) is 4.79 Å². The van der Waals surface area contributed by atoms with Crippen LogP contribution < -0.4 is 5.32 Å². The third-order valence-electron chi connectivity index (χ3n) is 3.00. The van der Waals surface area contributed by atoms with E-state index < -0.39 is 10.6 Å². The molecule has 0 aromatic rings. The molecule has 2 amide bonds. The first-order valence-corrected chi connectivity index (χ1v) is 4.85. The third-order valence-corrected chi connectivity index (χ3v) is 3.00. The number of quaternary nitrogens is 1. The first kappa shape index (κ1) is 11.1. The molecule has 0 radical (unpaired) electrons. The summed E-state index contributed by atoms with van der Waals surface area (Å²) in [4.78, 5) is 22.9. The van der Waals surface area contributed by atoms with E-state index in [2.05, 4.69) is 5.32 Å². The van der Waals surface area contributed by atoms with Gasteiger partial charge in [-0.3, -0.25) is 0 Å². The summed E-state index contributed by atoms with van der Waals surface area (Å²) in [6.45, 7) is 2.38. The van der Waals surface area contributed by atoms with E-state index in [9.17, 15) is 9.59 Å². The molecule has 0 bridgehead atoms. The Balaban J connectivity index is 2.92. The molecule has 80 valence electrons. The van der Waals surface area contributed by atoms with Crippen molar-refractivity contribution >= 4 is 12.0 Å². The second-order valence-electron chi connectivity index (χ2n) is 3.79. The number of imide groups is 1.